The number of hydrogen-bond acceptors (Lipinski definition) is 2. The topological polar surface area (TPSA) is 74.6 Å². The third kappa shape index (κ3) is 9.32. The molecule has 1 rings (SSSR count). The van der Waals surface area contributed by atoms with Crippen molar-refractivity contribution < 1.29 is 19.8 Å². The molecule has 30 heavy (non-hydrogen) atoms. The lowest BCUT2D eigenvalue weighted by Crippen LogP contribution is -2.15. The number of aryl methyl sites for hydroxylation is 2. The maximum Gasteiger partial charge on any atom is 0.335 e. The largest absolute Gasteiger partial charge is 0.478 e. The summed E-state index contributed by atoms with van der Waals surface area (Å²) in [4.78, 5) is 23.8. The second-order valence-electron chi connectivity index (χ2n) is 11.6. The molecule has 170 valence electrons. The molecule has 0 aliphatic rings. The highest BCUT2D eigenvalue weighted by molar-refractivity contribution is 5.94. The van der Waals surface area contributed by atoms with Crippen LogP contribution in [0.2, 0.25) is 0 Å². The Morgan fingerprint density at radius 3 is 1.27 bits per heavy atom. The zero-order valence-corrected chi connectivity index (χ0v) is 20.3. The van der Waals surface area contributed by atoms with Crippen molar-refractivity contribution in [3.8, 4) is 0 Å². The second-order valence-corrected chi connectivity index (χ2v) is 11.6. The van der Waals surface area contributed by atoms with E-state index in [0.29, 0.717) is 35.8 Å². The van der Waals surface area contributed by atoms with Crippen molar-refractivity contribution in [1.82, 2.24) is 0 Å². The first kappa shape index (κ1) is 26.2. The molecule has 0 saturated heterocycles. The zero-order chi connectivity index (χ0) is 23.3. The zero-order valence-electron chi connectivity index (χ0n) is 20.3. The van der Waals surface area contributed by atoms with Crippen LogP contribution in [0, 0.1) is 22.7 Å². The van der Waals surface area contributed by atoms with Gasteiger partial charge in [0.1, 0.15) is 0 Å². The summed E-state index contributed by atoms with van der Waals surface area (Å²) >= 11 is 0. The molecule has 2 unspecified atom stereocenters. The van der Waals surface area contributed by atoms with Gasteiger partial charge in [-0.1, -0.05) is 55.4 Å². The Morgan fingerprint density at radius 2 is 1.03 bits per heavy atom. The Balaban J connectivity index is 3.08. The molecule has 0 heterocycles. The Morgan fingerprint density at radius 1 is 0.733 bits per heavy atom. The highest BCUT2D eigenvalue weighted by Crippen LogP contribution is 2.30. The molecule has 0 fully saturated rings. The van der Waals surface area contributed by atoms with Crippen LogP contribution in [0.3, 0.4) is 0 Å². The quantitative estimate of drug-likeness (QED) is 0.425. The van der Waals surface area contributed by atoms with Crippen molar-refractivity contribution in [2.75, 3.05) is 0 Å². The number of aromatic carboxylic acids is 2. The summed E-state index contributed by atoms with van der Waals surface area (Å²) in [6.07, 6.45) is 4.95. The average molecular weight is 419 g/mol. The van der Waals surface area contributed by atoms with Gasteiger partial charge in [0.05, 0.1) is 11.1 Å². The minimum absolute atomic E-state index is 0.217. The lowest BCUT2D eigenvalue weighted by molar-refractivity contribution is 0.0679. The minimum atomic E-state index is -0.977. The Labute approximate surface area is 183 Å². The van der Waals surface area contributed by atoms with Crippen molar-refractivity contribution in [3.05, 3.63) is 34.4 Å². The average Bonchev–Trinajstić information content (AvgIpc) is 2.54. The number of carbonyl (C=O) groups is 2. The van der Waals surface area contributed by atoms with E-state index >= 15 is 0 Å². The molecule has 0 spiro atoms. The van der Waals surface area contributed by atoms with Crippen LogP contribution in [0.25, 0.3) is 0 Å². The Bertz CT molecular complexity index is 671. The summed E-state index contributed by atoms with van der Waals surface area (Å²) in [5.41, 5.74) is 2.20. The van der Waals surface area contributed by atoms with Crippen molar-refractivity contribution in [2.45, 2.75) is 93.9 Å². The first-order valence-corrected chi connectivity index (χ1v) is 11.2. The van der Waals surface area contributed by atoms with Crippen LogP contribution in [0.4, 0.5) is 0 Å². The van der Waals surface area contributed by atoms with Gasteiger partial charge in [0, 0.05) is 0 Å². The molecule has 0 aliphatic heterocycles. The molecule has 2 N–H and O–H groups in total. The molecule has 1 aromatic carbocycles. The van der Waals surface area contributed by atoms with E-state index in [4.69, 9.17) is 0 Å². The predicted octanol–water partition coefficient (Wildman–Crippen LogP) is 7.09. The second kappa shape index (κ2) is 10.5. The maximum atomic E-state index is 11.9. The number of rotatable bonds is 10. The lowest BCUT2D eigenvalue weighted by atomic mass is 9.81. The maximum absolute atomic E-state index is 11.9. The van der Waals surface area contributed by atoms with Crippen LogP contribution in [0.5, 0.6) is 0 Å². The monoisotopic (exact) mass is 418 g/mol. The van der Waals surface area contributed by atoms with Gasteiger partial charge in [0.2, 0.25) is 0 Å². The van der Waals surface area contributed by atoms with Crippen LogP contribution in [-0.2, 0) is 12.8 Å². The van der Waals surface area contributed by atoms with Gasteiger partial charge in [-0.3, -0.25) is 0 Å². The SMILES string of the molecule is CC(CCc1cc(C(=O)O)c(CCC(C)CC(C)(C)C)cc1C(=O)O)CC(C)(C)C. The molecule has 0 aliphatic carbocycles. The van der Waals surface area contributed by atoms with E-state index in [1.54, 1.807) is 12.1 Å². The number of benzene rings is 1. The van der Waals surface area contributed by atoms with Crippen molar-refractivity contribution in [1.29, 1.82) is 0 Å². The molecule has 2 atom stereocenters. The number of hydrogen-bond donors (Lipinski definition) is 2. The standard InChI is InChI=1S/C26H42O4/c1-17(15-25(3,4)5)9-11-19-13-22(24(29)30)20(14-21(19)23(27)28)12-10-18(2)16-26(6,7)8/h13-14,17-18H,9-12,15-16H2,1-8H3,(H,27,28)(H,29,30). The van der Waals surface area contributed by atoms with E-state index in [1.165, 1.54) is 0 Å². The van der Waals surface area contributed by atoms with E-state index in [2.05, 4.69) is 55.4 Å². The molecule has 0 bridgehead atoms. The van der Waals surface area contributed by atoms with Gasteiger partial charge in [-0.2, -0.15) is 0 Å². The molecule has 0 aromatic heterocycles. The fourth-order valence-corrected chi connectivity index (χ4v) is 4.60. The van der Waals surface area contributed by atoms with E-state index in [0.717, 1.165) is 25.7 Å². The molecular weight excluding hydrogens is 376 g/mol. The first-order chi connectivity index (χ1) is 13.6. The highest BCUT2D eigenvalue weighted by Gasteiger charge is 2.22. The predicted molar refractivity (Wildman–Crippen MR) is 123 cm³/mol. The van der Waals surface area contributed by atoms with Crippen LogP contribution < -0.4 is 0 Å². The van der Waals surface area contributed by atoms with Gasteiger partial charge in [-0.25, -0.2) is 9.59 Å². The minimum Gasteiger partial charge on any atom is -0.478 e. The summed E-state index contributed by atoms with van der Waals surface area (Å²) in [5, 5.41) is 19.5. The molecule has 0 amide bonds. The summed E-state index contributed by atoms with van der Waals surface area (Å²) in [6, 6.07) is 3.22. The highest BCUT2D eigenvalue weighted by atomic mass is 16.4. The van der Waals surface area contributed by atoms with Crippen molar-refractivity contribution in [3.63, 3.8) is 0 Å². The molecule has 1 aromatic rings. The first-order valence-electron chi connectivity index (χ1n) is 11.2. The summed E-state index contributed by atoms with van der Waals surface area (Å²) in [5.74, 6) is -1.07. The summed E-state index contributed by atoms with van der Waals surface area (Å²) < 4.78 is 0. The molecule has 0 radical (unpaired) electrons. The van der Waals surface area contributed by atoms with Crippen molar-refractivity contribution >= 4 is 11.9 Å². The van der Waals surface area contributed by atoms with Gasteiger partial charge in [0.25, 0.3) is 0 Å². The smallest absolute Gasteiger partial charge is 0.335 e. The summed E-state index contributed by atoms with van der Waals surface area (Å²) in [7, 11) is 0. The van der Waals surface area contributed by atoms with Gasteiger partial charge < -0.3 is 10.2 Å². The number of carboxylic acid groups (broad SMARTS) is 2. The van der Waals surface area contributed by atoms with Crippen LogP contribution in [0.15, 0.2) is 12.1 Å². The normalized spacial score (nSPS) is 14.4. The van der Waals surface area contributed by atoms with Crippen LogP contribution >= 0.6 is 0 Å². The van der Waals surface area contributed by atoms with Gasteiger partial charge in [-0.15, -0.1) is 0 Å². The Kier molecular flexibility index (Phi) is 9.13. The van der Waals surface area contributed by atoms with Gasteiger partial charge in [0.15, 0.2) is 0 Å². The fourth-order valence-electron chi connectivity index (χ4n) is 4.60. The molecular formula is C26H42O4. The van der Waals surface area contributed by atoms with Crippen LogP contribution in [0.1, 0.15) is 113 Å². The van der Waals surface area contributed by atoms with Crippen molar-refractivity contribution in [2.24, 2.45) is 22.7 Å². The molecule has 4 heteroatoms. The van der Waals surface area contributed by atoms with Gasteiger partial charge >= 0.3 is 11.9 Å². The molecule has 4 nitrogen and oxygen atoms in total. The Hall–Kier alpha value is -1.84. The lowest BCUT2D eigenvalue weighted by Gasteiger charge is -2.24. The third-order valence-corrected chi connectivity index (χ3v) is 5.52. The summed E-state index contributed by atoms with van der Waals surface area (Å²) in [6.45, 7) is 17.5. The van der Waals surface area contributed by atoms with E-state index in [-0.39, 0.29) is 22.0 Å². The molecule has 0 saturated carbocycles. The third-order valence-electron chi connectivity index (χ3n) is 5.52. The van der Waals surface area contributed by atoms with Crippen LogP contribution in [-0.4, -0.2) is 22.2 Å². The van der Waals surface area contributed by atoms with Gasteiger partial charge in [-0.05, 0) is 84.5 Å². The van der Waals surface area contributed by atoms with E-state index < -0.39 is 11.9 Å². The van der Waals surface area contributed by atoms with E-state index in [9.17, 15) is 19.8 Å². The number of carboxylic acids is 2. The van der Waals surface area contributed by atoms with E-state index in [1.807, 2.05) is 0 Å². The fraction of sp³-hybridized carbons (Fsp3) is 0.692.